The first kappa shape index (κ1) is 22.2. The van der Waals surface area contributed by atoms with Crippen molar-refractivity contribution in [1.29, 1.82) is 0 Å². The van der Waals surface area contributed by atoms with Crippen LogP contribution in [0.4, 0.5) is 5.69 Å². The smallest absolute Gasteiger partial charge is 0.338 e. The number of carbonyl (C=O) groups excluding carboxylic acids is 2. The van der Waals surface area contributed by atoms with Crippen LogP contribution in [0.15, 0.2) is 59.4 Å². The van der Waals surface area contributed by atoms with Crippen LogP contribution in [0.2, 0.25) is 0 Å². The van der Waals surface area contributed by atoms with E-state index >= 15 is 0 Å². The number of carbonyl (C=O) groups is 2. The minimum absolute atomic E-state index is 0.164. The predicted molar refractivity (Wildman–Crippen MR) is 123 cm³/mol. The van der Waals surface area contributed by atoms with Gasteiger partial charge in [0.2, 0.25) is 4.96 Å². The van der Waals surface area contributed by atoms with Crippen molar-refractivity contribution in [2.45, 2.75) is 20.5 Å². The lowest BCUT2D eigenvalue weighted by molar-refractivity contribution is -0.118. The van der Waals surface area contributed by atoms with E-state index in [0.29, 0.717) is 27.1 Å². The molecule has 33 heavy (non-hydrogen) atoms. The van der Waals surface area contributed by atoms with E-state index in [-0.39, 0.29) is 30.2 Å². The first-order chi connectivity index (χ1) is 15.9. The van der Waals surface area contributed by atoms with Crippen molar-refractivity contribution < 1.29 is 19.1 Å². The molecule has 0 radical (unpaired) electrons. The molecule has 0 aliphatic carbocycles. The average molecular weight is 465 g/mol. The fraction of sp³-hybridized carbons (Fsp3) is 0.174. The number of nitrogens with zero attached hydrogens (tertiary/aromatic N) is 3. The van der Waals surface area contributed by atoms with E-state index in [1.165, 1.54) is 28.0 Å². The molecule has 0 aliphatic heterocycles. The summed E-state index contributed by atoms with van der Waals surface area (Å²) in [5.74, 6) is -0.369. The third-order valence-corrected chi connectivity index (χ3v) is 5.32. The molecule has 0 bridgehead atoms. The molecule has 9 nitrogen and oxygen atoms in total. The Labute approximate surface area is 192 Å². The number of benzene rings is 2. The Kier molecular flexibility index (Phi) is 6.45. The summed E-state index contributed by atoms with van der Waals surface area (Å²) in [5.41, 5.74) is 1.70. The third-order valence-electron chi connectivity index (χ3n) is 4.49. The quantitative estimate of drug-likeness (QED) is 0.418. The molecule has 0 spiro atoms. The van der Waals surface area contributed by atoms with Crippen LogP contribution in [0.3, 0.4) is 0 Å². The molecule has 0 atom stereocenters. The van der Waals surface area contributed by atoms with Crippen LogP contribution in [-0.4, -0.2) is 33.1 Å². The Morgan fingerprint density at radius 1 is 1.09 bits per heavy atom. The number of anilines is 1. The first-order valence-electron chi connectivity index (χ1n) is 10.0. The molecule has 168 valence electrons. The molecular formula is C23H20N4O5S. The predicted octanol–water partition coefficient (Wildman–Crippen LogP) is 3.14. The van der Waals surface area contributed by atoms with E-state index in [1.54, 1.807) is 31.2 Å². The number of hydrogen-bond donors (Lipinski definition) is 1. The Morgan fingerprint density at radius 3 is 2.73 bits per heavy atom. The Bertz CT molecular complexity index is 1400. The monoisotopic (exact) mass is 464 g/mol. The van der Waals surface area contributed by atoms with Crippen molar-refractivity contribution in [3.05, 3.63) is 86.8 Å². The summed E-state index contributed by atoms with van der Waals surface area (Å²) >= 11 is 1.27. The lowest BCUT2D eigenvalue weighted by Gasteiger charge is -2.09. The molecule has 4 aromatic rings. The van der Waals surface area contributed by atoms with Gasteiger partial charge in [-0.1, -0.05) is 29.5 Å². The van der Waals surface area contributed by atoms with Crippen molar-refractivity contribution in [1.82, 2.24) is 14.6 Å². The van der Waals surface area contributed by atoms with Crippen molar-refractivity contribution in [2.75, 3.05) is 11.9 Å². The lowest BCUT2D eigenvalue weighted by atomic mass is 10.2. The topological polar surface area (TPSA) is 112 Å². The molecule has 10 heteroatoms. The number of rotatable bonds is 7. The second kappa shape index (κ2) is 9.61. The van der Waals surface area contributed by atoms with Gasteiger partial charge in [0.1, 0.15) is 17.4 Å². The van der Waals surface area contributed by atoms with Crippen molar-refractivity contribution in [3.8, 4) is 5.75 Å². The highest BCUT2D eigenvalue weighted by Crippen LogP contribution is 2.15. The highest BCUT2D eigenvalue weighted by atomic mass is 32.1. The number of aromatic nitrogens is 3. The maximum absolute atomic E-state index is 12.5. The molecule has 4 rings (SSSR count). The van der Waals surface area contributed by atoms with Gasteiger partial charge in [-0.15, -0.1) is 0 Å². The summed E-state index contributed by atoms with van der Waals surface area (Å²) in [5, 5.41) is 7.47. The van der Waals surface area contributed by atoms with E-state index in [4.69, 9.17) is 9.47 Å². The molecule has 0 unspecified atom stereocenters. The van der Waals surface area contributed by atoms with E-state index in [9.17, 15) is 14.4 Å². The molecule has 1 amide bonds. The largest absolute Gasteiger partial charge is 0.484 e. The van der Waals surface area contributed by atoms with Crippen LogP contribution in [0.5, 0.6) is 5.75 Å². The summed E-state index contributed by atoms with van der Waals surface area (Å²) in [7, 11) is 0. The Morgan fingerprint density at radius 2 is 1.91 bits per heavy atom. The van der Waals surface area contributed by atoms with Crippen molar-refractivity contribution in [2.24, 2.45) is 0 Å². The molecule has 1 N–H and O–H groups in total. The van der Waals surface area contributed by atoms with Gasteiger partial charge in [-0.25, -0.2) is 9.78 Å². The second-order valence-corrected chi connectivity index (χ2v) is 8.37. The van der Waals surface area contributed by atoms with Crippen molar-refractivity contribution >= 4 is 33.9 Å². The minimum Gasteiger partial charge on any atom is -0.484 e. The van der Waals surface area contributed by atoms with E-state index in [1.807, 2.05) is 25.1 Å². The maximum Gasteiger partial charge on any atom is 0.338 e. The van der Waals surface area contributed by atoms with Gasteiger partial charge in [0.05, 0.1) is 11.3 Å². The zero-order valence-corrected chi connectivity index (χ0v) is 18.7. The summed E-state index contributed by atoms with van der Waals surface area (Å²) in [4.78, 5) is 41.5. The van der Waals surface area contributed by atoms with Gasteiger partial charge in [-0.3, -0.25) is 9.59 Å². The zero-order valence-electron chi connectivity index (χ0n) is 17.9. The van der Waals surface area contributed by atoms with Crippen LogP contribution >= 0.6 is 11.3 Å². The van der Waals surface area contributed by atoms with Gasteiger partial charge in [0.25, 0.3) is 11.5 Å². The van der Waals surface area contributed by atoms with Gasteiger partial charge in [0, 0.05) is 11.8 Å². The number of ether oxygens (including phenoxy) is 2. The van der Waals surface area contributed by atoms with E-state index < -0.39 is 5.97 Å². The highest BCUT2D eigenvalue weighted by molar-refractivity contribution is 7.16. The van der Waals surface area contributed by atoms with Crippen LogP contribution in [0.25, 0.3) is 4.96 Å². The summed E-state index contributed by atoms with van der Waals surface area (Å²) in [6.07, 6.45) is 0. The Hall–Kier alpha value is -4.05. The fourth-order valence-corrected chi connectivity index (χ4v) is 3.79. The SMILES string of the molecule is Cc1cccc(OCC(=O)Nc2cccc(C(=O)OCc3cc(=O)n4nc(C)sc4n3)c2)c1. The minimum atomic E-state index is -0.607. The molecule has 0 aliphatic rings. The van der Waals surface area contributed by atoms with Crippen LogP contribution in [0.1, 0.15) is 26.6 Å². The van der Waals surface area contributed by atoms with Gasteiger partial charge in [0.15, 0.2) is 6.61 Å². The number of esters is 1. The van der Waals surface area contributed by atoms with Crippen LogP contribution in [0, 0.1) is 13.8 Å². The fourth-order valence-electron chi connectivity index (χ4n) is 3.02. The van der Waals surface area contributed by atoms with Crippen LogP contribution < -0.4 is 15.6 Å². The van der Waals surface area contributed by atoms with Gasteiger partial charge < -0.3 is 14.8 Å². The number of amides is 1. The van der Waals surface area contributed by atoms with Gasteiger partial charge >= 0.3 is 5.97 Å². The standard InChI is InChI=1S/C23H20N4O5S/c1-14-5-3-8-19(9-14)31-13-20(28)24-17-7-4-6-16(10-17)22(30)32-12-18-11-21(29)27-23(25-18)33-15(2)26-27/h3-11H,12-13H2,1-2H3,(H,24,28). The van der Waals surface area contributed by atoms with Gasteiger partial charge in [-0.05, 0) is 49.7 Å². The summed E-state index contributed by atoms with van der Waals surface area (Å²) < 4.78 is 12.0. The third kappa shape index (κ3) is 5.60. The zero-order chi connectivity index (χ0) is 23.4. The van der Waals surface area contributed by atoms with Crippen molar-refractivity contribution in [3.63, 3.8) is 0 Å². The van der Waals surface area contributed by atoms with E-state index in [0.717, 1.165) is 5.56 Å². The number of hydrogen-bond acceptors (Lipinski definition) is 8. The number of aryl methyl sites for hydroxylation is 2. The maximum atomic E-state index is 12.5. The molecule has 2 heterocycles. The molecule has 0 fully saturated rings. The Balaban J connectivity index is 1.35. The second-order valence-electron chi connectivity index (χ2n) is 7.21. The normalized spacial score (nSPS) is 10.7. The molecular weight excluding hydrogens is 444 g/mol. The average Bonchev–Trinajstić information content (AvgIpc) is 3.17. The molecule has 0 saturated heterocycles. The molecule has 0 saturated carbocycles. The highest BCUT2D eigenvalue weighted by Gasteiger charge is 2.12. The summed E-state index contributed by atoms with van der Waals surface area (Å²) in [6, 6.07) is 15.0. The molecule has 2 aromatic heterocycles. The van der Waals surface area contributed by atoms with Crippen LogP contribution in [-0.2, 0) is 16.1 Å². The number of nitrogens with one attached hydrogen (secondary N) is 1. The molecule has 2 aromatic carbocycles. The number of fused-ring (bicyclic) bond motifs is 1. The lowest BCUT2D eigenvalue weighted by Crippen LogP contribution is -2.20. The first-order valence-corrected chi connectivity index (χ1v) is 10.8. The summed E-state index contributed by atoms with van der Waals surface area (Å²) in [6.45, 7) is 3.38. The van der Waals surface area contributed by atoms with Gasteiger partial charge in [-0.2, -0.15) is 9.61 Å². The van der Waals surface area contributed by atoms with E-state index in [2.05, 4.69) is 15.4 Å².